The lowest BCUT2D eigenvalue weighted by Crippen LogP contribution is -2.57. The van der Waals surface area contributed by atoms with Gasteiger partial charge >= 0.3 is 0 Å². The Morgan fingerprint density at radius 3 is 2.40 bits per heavy atom. The summed E-state index contributed by atoms with van der Waals surface area (Å²) in [5.74, 6) is -0.828. The second-order valence-electron chi connectivity index (χ2n) is 15.9. The van der Waals surface area contributed by atoms with Gasteiger partial charge in [0.25, 0.3) is 0 Å². The molecule has 4 aromatic rings. The Morgan fingerprint density at radius 2 is 1.67 bits per heavy atom. The summed E-state index contributed by atoms with van der Waals surface area (Å²) in [4.78, 5) is 81.8. The molecule has 17 heteroatoms. The summed E-state index contributed by atoms with van der Waals surface area (Å²) in [6.07, 6.45) is 4.07. The normalized spacial score (nSPS) is 21.2. The van der Waals surface area contributed by atoms with E-state index in [1.54, 1.807) is 27.2 Å². The standard InChI is InChI=1S/C43H58N10O7/c1-7-26(2)39-42(57)46-27(3)40-48-36(21-28-12-13-34(59-5)35(20-28)60-6)50-53(40)25-37(54)44-16-19-52(43(58)29-14-17-51(4)18-15-29)24-38(55)47-33(41(56)49-39)22-30-23-45-32-11-9-8-10-31(30)32/h8-13,20,23,26-27,29,33,39,45H,7,14-19,21-22,24-25H2,1-6H3,(H,44,54)(H,46,57)(H,47,55)(H,49,56)/t26-,27+,33+,39-/m0/s1. The third kappa shape index (κ3) is 10.6. The lowest BCUT2D eigenvalue weighted by molar-refractivity contribution is -0.141. The highest BCUT2D eigenvalue weighted by atomic mass is 16.5. The molecule has 0 spiro atoms. The number of carbonyl (C=O) groups is 5. The fraction of sp³-hybridized carbons (Fsp3) is 0.512. The van der Waals surface area contributed by atoms with Crippen molar-refractivity contribution in [2.24, 2.45) is 11.8 Å². The number of carbonyl (C=O) groups excluding carboxylic acids is 5. The van der Waals surface area contributed by atoms with E-state index in [0.717, 1.165) is 35.1 Å². The van der Waals surface area contributed by atoms with Crippen LogP contribution in [0.5, 0.6) is 11.5 Å². The molecule has 0 radical (unpaired) electrons. The average Bonchev–Trinajstić information content (AvgIpc) is 3.84. The summed E-state index contributed by atoms with van der Waals surface area (Å²) >= 11 is 0. The Kier molecular flexibility index (Phi) is 14.4. The lowest BCUT2D eigenvalue weighted by atomic mass is 9.95. The molecule has 0 bridgehead atoms. The van der Waals surface area contributed by atoms with Gasteiger partial charge in [-0.1, -0.05) is 44.5 Å². The van der Waals surface area contributed by atoms with Crippen LogP contribution in [0, 0.1) is 11.8 Å². The summed E-state index contributed by atoms with van der Waals surface area (Å²) in [5.41, 5.74) is 2.51. The van der Waals surface area contributed by atoms with E-state index in [4.69, 9.17) is 19.6 Å². The number of amides is 5. The molecule has 5 amide bonds. The van der Waals surface area contributed by atoms with Gasteiger partial charge in [-0.2, -0.15) is 5.10 Å². The van der Waals surface area contributed by atoms with E-state index < -0.39 is 41.8 Å². The van der Waals surface area contributed by atoms with Crippen molar-refractivity contribution in [3.63, 3.8) is 0 Å². The number of aromatic amines is 1. The fourth-order valence-electron chi connectivity index (χ4n) is 7.86. The smallest absolute Gasteiger partial charge is 0.243 e. The summed E-state index contributed by atoms with van der Waals surface area (Å²) in [6.45, 7) is 6.63. The van der Waals surface area contributed by atoms with Crippen molar-refractivity contribution in [3.8, 4) is 11.5 Å². The van der Waals surface area contributed by atoms with Crippen LogP contribution in [0.2, 0.25) is 0 Å². The van der Waals surface area contributed by atoms with Crippen LogP contribution in [-0.4, -0.2) is 125 Å². The van der Waals surface area contributed by atoms with Gasteiger partial charge in [0.15, 0.2) is 17.3 Å². The average molecular weight is 827 g/mol. The van der Waals surface area contributed by atoms with Gasteiger partial charge in [-0.05, 0) is 75.1 Å². The van der Waals surface area contributed by atoms with Gasteiger partial charge in [0, 0.05) is 48.9 Å². The van der Waals surface area contributed by atoms with E-state index in [1.165, 1.54) is 9.58 Å². The Balaban J connectivity index is 1.33. The Bertz CT molecular complexity index is 2160. The highest BCUT2D eigenvalue weighted by Crippen LogP contribution is 2.29. The highest BCUT2D eigenvalue weighted by molar-refractivity contribution is 5.94. The Hall–Kier alpha value is -5.97. The van der Waals surface area contributed by atoms with Crippen LogP contribution in [0.1, 0.15) is 68.9 Å². The van der Waals surface area contributed by atoms with Crippen molar-refractivity contribution in [2.45, 2.75) is 77.5 Å². The van der Waals surface area contributed by atoms with Crippen LogP contribution in [0.3, 0.4) is 0 Å². The third-order valence-corrected chi connectivity index (χ3v) is 11.6. The first kappa shape index (κ1) is 43.6. The van der Waals surface area contributed by atoms with Crippen LogP contribution in [-0.2, 0) is 43.4 Å². The molecule has 0 saturated carbocycles. The number of para-hydroxylation sites is 1. The van der Waals surface area contributed by atoms with Crippen LogP contribution >= 0.6 is 0 Å². The van der Waals surface area contributed by atoms with Crippen molar-refractivity contribution in [1.29, 1.82) is 0 Å². The quantitative estimate of drug-likeness (QED) is 0.166. The van der Waals surface area contributed by atoms with Gasteiger partial charge in [-0.25, -0.2) is 9.67 Å². The van der Waals surface area contributed by atoms with Crippen LogP contribution in [0.15, 0.2) is 48.7 Å². The highest BCUT2D eigenvalue weighted by Gasteiger charge is 2.34. The number of nitrogens with one attached hydrogen (secondary N) is 5. The Morgan fingerprint density at radius 1 is 0.917 bits per heavy atom. The minimum absolute atomic E-state index is 0.0646. The Labute approximate surface area is 350 Å². The number of methoxy groups -OCH3 is 2. The molecule has 2 aliphatic heterocycles. The van der Waals surface area contributed by atoms with Gasteiger partial charge in [0.1, 0.15) is 24.5 Å². The SMILES string of the molecule is CC[C@H](C)[C@@H]1NC(=O)[C@@H](Cc2c[nH]c3ccccc23)NC(=O)CN(C(=O)C2CCN(C)CC2)CCNC(=O)Cn2nc(Cc3ccc(OC)c(OC)c3)nc2[C@@H](C)NC1=O. The first-order valence-corrected chi connectivity index (χ1v) is 20.7. The number of aromatic nitrogens is 4. The molecule has 0 unspecified atom stereocenters. The van der Waals surface area contributed by atoms with Crippen LogP contribution < -0.4 is 30.7 Å². The van der Waals surface area contributed by atoms with Gasteiger partial charge in [-0.3, -0.25) is 24.0 Å². The van der Waals surface area contributed by atoms with Crippen LogP contribution in [0.25, 0.3) is 10.9 Å². The number of H-pyrrole nitrogens is 1. The molecule has 0 aliphatic carbocycles. The number of hydrogen-bond acceptors (Lipinski definition) is 10. The molecule has 5 N–H and O–H groups in total. The zero-order valence-corrected chi connectivity index (χ0v) is 35.4. The number of likely N-dealkylation sites (tertiary alicyclic amines) is 1. The number of hydrogen-bond donors (Lipinski definition) is 5. The number of rotatable bonds is 9. The molecule has 2 aromatic heterocycles. The minimum Gasteiger partial charge on any atom is -0.493 e. The minimum atomic E-state index is -1.09. The molecule has 1 saturated heterocycles. The zero-order valence-electron chi connectivity index (χ0n) is 35.4. The first-order valence-electron chi connectivity index (χ1n) is 20.7. The molecule has 4 heterocycles. The second kappa shape index (κ2) is 19.9. The fourth-order valence-corrected chi connectivity index (χ4v) is 7.86. The number of fused-ring (bicyclic) bond motifs is 2. The van der Waals surface area contributed by atoms with Gasteiger partial charge in [-0.15, -0.1) is 0 Å². The molecular formula is C43H58N10O7. The molecule has 17 nitrogen and oxygen atoms in total. The summed E-state index contributed by atoms with van der Waals surface area (Å²) in [6, 6.07) is 10.4. The lowest BCUT2D eigenvalue weighted by Gasteiger charge is -2.33. The molecule has 4 atom stereocenters. The van der Waals surface area contributed by atoms with E-state index in [9.17, 15) is 24.0 Å². The maximum atomic E-state index is 14.4. The predicted molar refractivity (Wildman–Crippen MR) is 224 cm³/mol. The van der Waals surface area contributed by atoms with E-state index in [2.05, 4.69) is 31.2 Å². The number of nitrogens with zero attached hydrogens (tertiary/aromatic N) is 5. The van der Waals surface area contributed by atoms with E-state index >= 15 is 0 Å². The summed E-state index contributed by atoms with van der Waals surface area (Å²) in [7, 11) is 5.12. The van der Waals surface area contributed by atoms with Crippen LogP contribution in [0.4, 0.5) is 0 Å². The molecule has 322 valence electrons. The molecule has 6 rings (SSSR count). The van der Waals surface area contributed by atoms with Crippen molar-refractivity contribution in [1.82, 2.24) is 50.8 Å². The molecule has 60 heavy (non-hydrogen) atoms. The van der Waals surface area contributed by atoms with Crippen molar-refractivity contribution < 1.29 is 33.4 Å². The number of ether oxygens (including phenoxy) is 2. The van der Waals surface area contributed by atoms with Gasteiger partial charge in [0.05, 0.1) is 26.8 Å². The van der Waals surface area contributed by atoms with Crippen molar-refractivity contribution in [3.05, 3.63) is 71.4 Å². The number of benzene rings is 2. The molecular weight excluding hydrogens is 769 g/mol. The topological polar surface area (TPSA) is 205 Å². The van der Waals surface area contributed by atoms with E-state index in [0.29, 0.717) is 48.8 Å². The third-order valence-electron chi connectivity index (χ3n) is 11.6. The maximum absolute atomic E-state index is 14.4. The van der Waals surface area contributed by atoms with E-state index in [1.807, 2.05) is 63.5 Å². The molecule has 2 aliphatic rings. The summed E-state index contributed by atoms with van der Waals surface area (Å²) in [5, 5.41) is 17.4. The van der Waals surface area contributed by atoms with Gasteiger partial charge in [0.2, 0.25) is 29.5 Å². The predicted octanol–water partition coefficient (Wildman–Crippen LogP) is 2.10. The number of piperidine rings is 1. The van der Waals surface area contributed by atoms with Crippen molar-refractivity contribution >= 4 is 40.4 Å². The van der Waals surface area contributed by atoms with E-state index in [-0.39, 0.29) is 50.3 Å². The molecule has 1 fully saturated rings. The van der Waals surface area contributed by atoms with Crippen molar-refractivity contribution in [2.75, 3.05) is 54.0 Å². The summed E-state index contributed by atoms with van der Waals surface area (Å²) < 4.78 is 12.3. The second-order valence-corrected chi connectivity index (χ2v) is 15.9. The monoisotopic (exact) mass is 826 g/mol. The van der Waals surface area contributed by atoms with Gasteiger partial charge < -0.3 is 45.5 Å². The largest absolute Gasteiger partial charge is 0.493 e. The first-order chi connectivity index (χ1) is 28.9. The maximum Gasteiger partial charge on any atom is 0.243 e. The zero-order chi connectivity index (χ0) is 42.9. The molecule has 2 aromatic carbocycles.